The number of ether oxygens (including phenoxy) is 2. The highest BCUT2D eigenvalue weighted by Gasteiger charge is 2.17. The summed E-state index contributed by atoms with van der Waals surface area (Å²) in [5.41, 5.74) is 2.06. The zero-order valence-corrected chi connectivity index (χ0v) is 17.8. The van der Waals surface area contributed by atoms with E-state index < -0.39 is 0 Å². The predicted molar refractivity (Wildman–Crippen MR) is 115 cm³/mol. The van der Waals surface area contributed by atoms with E-state index in [0.29, 0.717) is 39.7 Å². The number of aromatic nitrogens is 2. The Balaban J connectivity index is 2.04. The number of methoxy groups -OCH3 is 2. The number of nitrogens with zero attached hydrogens (tertiary/aromatic N) is 2. The zero-order chi connectivity index (χ0) is 21.0. The summed E-state index contributed by atoms with van der Waals surface area (Å²) in [5.74, 6) is 1.20. The van der Waals surface area contributed by atoms with E-state index in [2.05, 4.69) is 0 Å². The number of fused-ring (bicyclic) bond motifs is 1. The van der Waals surface area contributed by atoms with Gasteiger partial charge in [-0.2, -0.15) is 0 Å². The molecule has 1 atom stereocenters. The van der Waals surface area contributed by atoms with E-state index in [4.69, 9.17) is 14.5 Å². The lowest BCUT2D eigenvalue weighted by atomic mass is 10.1. The van der Waals surface area contributed by atoms with Crippen LogP contribution in [-0.2, 0) is 10.5 Å². The molecule has 3 aromatic rings. The van der Waals surface area contributed by atoms with Gasteiger partial charge < -0.3 is 9.47 Å². The molecule has 1 aromatic heterocycles. The lowest BCUT2D eigenvalue weighted by Gasteiger charge is -2.19. The number of para-hydroxylation sites is 1. The van der Waals surface area contributed by atoms with Crippen LogP contribution in [0.1, 0.15) is 35.8 Å². The molecule has 0 unspecified atom stereocenters. The maximum absolute atomic E-state index is 13.1. The number of hydrogen-bond acceptors (Lipinski definition) is 6. The van der Waals surface area contributed by atoms with Gasteiger partial charge in [-0.05, 0) is 44.2 Å². The van der Waals surface area contributed by atoms with Gasteiger partial charge >= 0.3 is 0 Å². The summed E-state index contributed by atoms with van der Waals surface area (Å²) in [5, 5.41) is 1.18. The number of carbonyl (C=O) groups is 1. The fraction of sp³-hybridized carbons (Fsp3) is 0.318. The van der Waals surface area contributed by atoms with Gasteiger partial charge in [0, 0.05) is 24.0 Å². The Labute approximate surface area is 173 Å². The summed E-state index contributed by atoms with van der Waals surface area (Å²) in [4.78, 5) is 29.6. The molecule has 6 nitrogen and oxygen atoms in total. The second-order valence-corrected chi connectivity index (χ2v) is 7.71. The van der Waals surface area contributed by atoms with Gasteiger partial charge in [0.1, 0.15) is 5.75 Å². The van der Waals surface area contributed by atoms with E-state index in [0.717, 1.165) is 5.56 Å². The zero-order valence-electron chi connectivity index (χ0n) is 17.0. The summed E-state index contributed by atoms with van der Waals surface area (Å²) >= 11 is 1.44. The van der Waals surface area contributed by atoms with E-state index >= 15 is 0 Å². The topological polar surface area (TPSA) is 70.4 Å². The van der Waals surface area contributed by atoms with Crippen molar-refractivity contribution >= 4 is 28.4 Å². The molecular weight excluding hydrogens is 388 g/mol. The molecule has 29 heavy (non-hydrogen) atoms. The van der Waals surface area contributed by atoms with Crippen molar-refractivity contribution in [1.82, 2.24) is 9.55 Å². The second-order valence-electron chi connectivity index (χ2n) is 6.76. The molecule has 0 fully saturated rings. The molecule has 1 heterocycles. The fourth-order valence-corrected chi connectivity index (χ4v) is 4.26. The van der Waals surface area contributed by atoms with Gasteiger partial charge in [-0.25, -0.2) is 4.98 Å². The number of rotatable bonds is 8. The van der Waals surface area contributed by atoms with Crippen LogP contribution in [0.15, 0.2) is 52.4 Å². The number of benzene rings is 2. The Morgan fingerprint density at radius 2 is 1.97 bits per heavy atom. The molecule has 0 aliphatic heterocycles. The number of ketones is 1. The van der Waals surface area contributed by atoms with Crippen molar-refractivity contribution in [2.75, 3.05) is 20.8 Å². The third kappa shape index (κ3) is 4.52. The van der Waals surface area contributed by atoms with Crippen LogP contribution in [0.2, 0.25) is 0 Å². The molecule has 0 saturated carbocycles. The van der Waals surface area contributed by atoms with Crippen LogP contribution >= 0.6 is 11.8 Å². The minimum absolute atomic E-state index is 0.00615. The largest absolute Gasteiger partial charge is 0.496 e. The van der Waals surface area contributed by atoms with Crippen molar-refractivity contribution in [2.45, 2.75) is 30.8 Å². The lowest BCUT2D eigenvalue weighted by Crippen LogP contribution is -2.28. The van der Waals surface area contributed by atoms with Crippen LogP contribution < -0.4 is 10.3 Å². The first-order chi connectivity index (χ1) is 14.0. The molecule has 0 spiro atoms. The Morgan fingerprint density at radius 1 is 1.21 bits per heavy atom. The molecule has 3 rings (SSSR count). The summed E-state index contributed by atoms with van der Waals surface area (Å²) in [6.45, 7) is 3.87. The van der Waals surface area contributed by atoms with Crippen molar-refractivity contribution in [3.05, 3.63) is 63.9 Å². The summed E-state index contributed by atoms with van der Waals surface area (Å²) < 4.78 is 12.4. The third-order valence-corrected chi connectivity index (χ3v) is 5.67. The first-order valence-corrected chi connectivity index (χ1v) is 10.3. The Hall–Kier alpha value is -2.64. The average Bonchev–Trinajstić information content (AvgIpc) is 2.72. The van der Waals surface area contributed by atoms with Crippen LogP contribution in [0.25, 0.3) is 10.9 Å². The minimum atomic E-state index is -0.169. The molecule has 2 aromatic carbocycles. The molecule has 0 N–H and O–H groups in total. The molecular formula is C22H24N2O4S. The highest BCUT2D eigenvalue weighted by molar-refractivity contribution is 7.98. The maximum atomic E-state index is 13.1. The van der Waals surface area contributed by atoms with Crippen LogP contribution in [-0.4, -0.2) is 36.2 Å². The lowest BCUT2D eigenvalue weighted by molar-refractivity contribution is 0.101. The molecule has 152 valence electrons. The van der Waals surface area contributed by atoms with Crippen molar-refractivity contribution < 1.29 is 14.3 Å². The second kappa shape index (κ2) is 9.24. The van der Waals surface area contributed by atoms with Crippen LogP contribution in [0.4, 0.5) is 0 Å². The molecule has 0 aliphatic carbocycles. The summed E-state index contributed by atoms with van der Waals surface area (Å²) in [7, 11) is 3.21. The summed E-state index contributed by atoms with van der Waals surface area (Å²) in [6, 6.07) is 12.5. The van der Waals surface area contributed by atoms with Crippen LogP contribution in [0.5, 0.6) is 5.75 Å². The molecule has 0 aliphatic rings. The Bertz CT molecular complexity index is 1090. The van der Waals surface area contributed by atoms with Gasteiger partial charge in [0.2, 0.25) is 0 Å². The van der Waals surface area contributed by atoms with E-state index in [1.807, 2.05) is 31.2 Å². The Kier molecular flexibility index (Phi) is 6.71. The quantitative estimate of drug-likeness (QED) is 0.315. The normalized spacial score (nSPS) is 12.1. The number of hydrogen-bond donors (Lipinski definition) is 0. The van der Waals surface area contributed by atoms with E-state index in [1.54, 1.807) is 37.0 Å². The molecule has 7 heteroatoms. The van der Waals surface area contributed by atoms with Crippen molar-refractivity contribution in [3.63, 3.8) is 0 Å². The fourth-order valence-electron chi connectivity index (χ4n) is 3.18. The number of Topliss-reactive ketones (excluding diaryl/α,β-unsaturated/α-hetero) is 1. The molecule has 0 radical (unpaired) electrons. The van der Waals surface area contributed by atoms with Crippen LogP contribution in [0, 0.1) is 0 Å². The maximum Gasteiger partial charge on any atom is 0.262 e. The van der Waals surface area contributed by atoms with Crippen molar-refractivity contribution in [2.24, 2.45) is 0 Å². The van der Waals surface area contributed by atoms with Gasteiger partial charge in [-0.15, -0.1) is 0 Å². The molecule has 0 bridgehead atoms. The number of thioether (sulfide) groups is 1. The monoisotopic (exact) mass is 412 g/mol. The number of carbonyl (C=O) groups excluding carboxylic acids is 1. The third-order valence-electron chi connectivity index (χ3n) is 4.67. The van der Waals surface area contributed by atoms with E-state index in [-0.39, 0.29) is 17.4 Å². The molecule has 0 amide bonds. The first-order valence-electron chi connectivity index (χ1n) is 9.27. The average molecular weight is 413 g/mol. The van der Waals surface area contributed by atoms with E-state index in [9.17, 15) is 9.59 Å². The van der Waals surface area contributed by atoms with Gasteiger partial charge in [-0.1, -0.05) is 23.9 Å². The first kappa shape index (κ1) is 21.1. The SMILES string of the molecule is COC[C@@H](C)n1c(SCc2cc(C(C)=O)ccc2OC)nc2ccccc2c1=O. The van der Waals surface area contributed by atoms with E-state index in [1.165, 1.54) is 18.7 Å². The van der Waals surface area contributed by atoms with Gasteiger partial charge in [0.15, 0.2) is 10.9 Å². The van der Waals surface area contributed by atoms with Crippen molar-refractivity contribution in [3.8, 4) is 5.75 Å². The highest BCUT2D eigenvalue weighted by Crippen LogP contribution is 2.29. The van der Waals surface area contributed by atoms with Gasteiger partial charge in [-0.3, -0.25) is 14.2 Å². The predicted octanol–water partition coefficient (Wildman–Crippen LogP) is 4.11. The Morgan fingerprint density at radius 3 is 2.66 bits per heavy atom. The molecule has 0 saturated heterocycles. The van der Waals surface area contributed by atoms with Crippen molar-refractivity contribution in [1.29, 1.82) is 0 Å². The van der Waals surface area contributed by atoms with Crippen LogP contribution in [0.3, 0.4) is 0 Å². The summed E-state index contributed by atoms with van der Waals surface area (Å²) in [6.07, 6.45) is 0. The van der Waals surface area contributed by atoms with Gasteiger partial charge in [0.05, 0.1) is 30.7 Å². The standard InChI is InChI=1S/C22H24N2O4S/c1-14(12-27-3)24-21(26)18-7-5-6-8-19(18)23-22(24)29-13-17-11-16(15(2)25)9-10-20(17)28-4/h5-11,14H,12-13H2,1-4H3/t14-/m1/s1. The minimum Gasteiger partial charge on any atom is -0.496 e. The highest BCUT2D eigenvalue weighted by atomic mass is 32.2. The van der Waals surface area contributed by atoms with Gasteiger partial charge in [0.25, 0.3) is 5.56 Å². The smallest absolute Gasteiger partial charge is 0.262 e.